The van der Waals surface area contributed by atoms with Gasteiger partial charge >= 0.3 is 0 Å². The van der Waals surface area contributed by atoms with Gasteiger partial charge in [0.1, 0.15) is 10.7 Å². The van der Waals surface area contributed by atoms with E-state index < -0.39 is 0 Å². The maximum Gasteiger partial charge on any atom is 0.110 e. The van der Waals surface area contributed by atoms with Crippen LogP contribution >= 0.6 is 12.2 Å². The number of hydrogen-bond donors (Lipinski definition) is 2. The molecule has 0 aromatic heterocycles. The predicted octanol–water partition coefficient (Wildman–Crippen LogP) is 2.11. The Morgan fingerprint density at radius 3 is 2.62 bits per heavy atom. The van der Waals surface area contributed by atoms with Crippen molar-refractivity contribution in [3.05, 3.63) is 29.8 Å². The number of hydrogen-bond acceptors (Lipinski definition) is 2. The first kappa shape index (κ1) is 8.51. The molecule has 0 bridgehead atoms. The van der Waals surface area contributed by atoms with Crippen molar-refractivity contribution >= 4 is 22.9 Å². The van der Waals surface area contributed by atoms with Crippen LogP contribution in [0.15, 0.2) is 24.3 Å². The molecule has 1 aromatic rings. The minimum absolute atomic E-state index is 0.147. The number of anilines is 1. The Kier molecular flexibility index (Phi) is 1.77. The molecular weight excluding hydrogens is 180 g/mol. The van der Waals surface area contributed by atoms with Crippen molar-refractivity contribution in [1.82, 2.24) is 5.32 Å². The first-order valence-electron chi connectivity index (χ1n) is 4.28. The standard InChI is InChI=1S/C10H12N2S/c1-10(2)11-8-6-4-3-5-7(8)9(13)12-10/h3-6,11H,1-2H3,(H,12,13). The molecule has 13 heavy (non-hydrogen) atoms. The Labute approximate surface area is 83.3 Å². The Hall–Kier alpha value is -1.09. The normalized spacial score (nSPS) is 18.5. The van der Waals surface area contributed by atoms with E-state index in [1.54, 1.807) is 0 Å². The Balaban J connectivity index is 2.49. The van der Waals surface area contributed by atoms with Crippen LogP contribution < -0.4 is 10.6 Å². The van der Waals surface area contributed by atoms with Gasteiger partial charge in [-0.3, -0.25) is 0 Å². The molecule has 1 aliphatic rings. The highest BCUT2D eigenvalue weighted by Crippen LogP contribution is 2.23. The summed E-state index contributed by atoms with van der Waals surface area (Å²) in [6, 6.07) is 8.07. The molecule has 0 fully saturated rings. The van der Waals surface area contributed by atoms with Crippen molar-refractivity contribution in [3.63, 3.8) is 0 Å². The van der Waals surface area contributed by atoms with E-state index >= 15 is 0 Å². The Morgan fingerprint density at radius 2 is 1.85 bits per heavy atom. The van der Waals surface area contributed by atoms with E-state index in [9.17, 15) is 0 Å². The molecule has 1 aliphatic heterocycles. The lowest BCUT2D eigenvalue weighted by Crippen LogP contribution is -2.52. The molecule has 0 atom stereocenters. The van der Waals surface area contributed by atoms with Gasteiger partial charge < -0.3 is 10.6 Å². The average Bonchev–Trinajstić information content (AvgIpc) is 2.02. The molecule has 0 unspecified atom stereocenters. The van der Waals surface area contributed by atoms with Crippen LogP contribution in [0.3, 0.4) is 0 Å². The maximum absolute atomic E-state index is 5.26. The van der Waals surface area contributed by atoms with E-state index in [0.717, 1.165) is 16.2 Å². The van der Waals surface area contributed by atoms with Crippen LogP contribution in [0.4, 0.5) is 5.69 Å². The zero-order chi connectivity index (χ0) is 9.47. The summed E-state index contributed by atoms with van der Waals surface area (Å²) < 4.78 is 0. The largest absolute Gasteiger partial charge is 0.363 e. The molecule has 3 heteroatoms. The van der Waals surface area contributed by atoms with Gasteiger partial charge in [-0.2, -0.15) is 0 Å². The van der Waals surface area contributed by atoms with E-state index in [-0.39, 0.29) is 5.66 Å². The SMILES string of the molecule is CC1(C)NC(=S)c2ccccc2N1. The van der Waals surface area contributed by atoms with Crippen LogP contribution in [0.1, 0.15) is 19.4 Å². The van der Waals surface area contributed by atoms with Crippen molar-refractivity contribution in [2.75, 3.05) is 5.32 Å². The molecule has 0 amide bonds. The van der Waals surface area contributed by atoms with Crippen LogP contribution in [-0.2, 0) is 0 Å². The summed E-state index contributed by atoms with van der Waals surface area (Å²) in [6.45, 7) is 4.13. The third-order valence-electron chi connectivity index (χ3n) is 2.04. The van der Waals surface area contributed by atoms with Gasteiger partial charge in [-0.1, -0.05) is 24.4 Å². The number of para-hydroxylation sites is 1. The fourth-order valence-corrected chi connectivity index (χ4v) is 1.94. The molecule has 1 aromatic carbocycles. The second kappa shape index (κ2) is 2.70. The summed E-state index contributed by atoms with van der Waals surface area (Å²) in [5, 5.41) is 6.60. The van der Waals surface area contributed by atoms with Crippen LogP contribution in [0.2, 0.25) is 0 Å². The van der Waals surface area contributed by atoms with Crippen molar-refractivity contribution in [2.45, 2.75) is 19.5 Å². The Bertz CT molecular complexity index is 358. The highest BCUT2D eigenvalue weighted by atomic mass is 32.1. The molecule has 1 heterocycles. The molecule has 68 valence electrons. The predicted molar refractivity (Wildman–Crippen MR) is 59.0 cm³/mol. The molecule has 0 radical (unpaired) electrons. The summed E-state index contributed by atoms with van der Waals surface area (Å²) in [5.41, 5.74) is 2.04. The van der Waals surface area contributed by atoms with Crippen LogP contribution in [0.25, 0.3) is 0 Å². The number of benzene rings is 1. The molecular formula is C10H12N2S. The molecule has 0 aliphatic carbocycles. The fourth-order valence-electron chi connectivity index (χ4n) is 1.51. The van der Waals surface area contributed by atoms with Gasteiger partial charge in [0, 0.05) is 11.3 Å². The van der Waals surface area contributed by atoms with E-state index in [2.05, 4.69) is 24.5 Å². The van der Waals surface area contributed by atoms with Crippen molar-refractivity contribution < 1.29 is 0 Å². The lowest BCUT2D eigenvalue weighted by Gasteiger charge is -2.35. The van der Waals surface area contributed by atoms with Gasteiger partial charge in [0.05, 0.1) is 0 Å². The van der Waals surface area contributed by atoms with Gasteiger partial charge in [0.15, 0.2) is 0 Å². The van der Waals surface area contributed by atoms with Crippen molar-refractivity contribution in [1.29, 1.82) is 0 Å². The van der Waals surface area contributed by atoms with E-state index in [1.165, 1.54) is 0 Å². The monoisotopic (exact) mass is 192 g/mol. The summed E-state index contributed by atoms with van der Waals surface area (Å²) in [6.07, 6.45) is 0. The third kappa shape index (κ3) is 1.52. The average molecular weight is 192 g/mol. The first-order valence-corrected chi connectivity index (χ1v) is 4.69. The molecule has 2 N–H and O–H groups in total. The topological polar surface area (TPSA) is 24.1 Å². The minimum atomic E-state index is -0.147. The van der Waals surface area contributed by atoms with Gasteiger partial charge in [0.2, 0.25) is 0 Å². The second-order valence-corrected chi connectivity index (χ2v) is 4.16. The van der Waals surface area contributed by atoms with Crippen LogP contribution in [0.5, 0.6) is 0 Å². The fraction of sp³-hybridized carbons (Fsp3) is 0.300. The number of thiocarbonyl (C=S) groups is 1. The molecule has 2 nitrogen and oxygen atoms in total. The number of fused-ring (bicyclic) bond motifs is 1. The zero-order valence-electron chi connectivity index (χ0n) is 7.72. The number of rotatable bonds is 0. The van der Waals surface area contributed by atoms with Gasteiger partial charge in [-0.25, -0.2) is 0 Å². The summed E-state index contributed by atoms with van der Waals surface area (Å²) >= 11 is 5.26. The minimum Gasteiger partial charge on any atom is -0.363 e. The third-order valence-corrected chi connectivity index (χ3v) is 2.37. The smallest absolute Gasteiger partial charge is 0.110 e. The van der Waals surface area contributed by atoms with Crippen molar-refractivity contribution in [2.24, 2.45) is 0 Å². The zero-order valence-corrected chi connectivity index (χ0v) is 8.53. The Morgan fingerprint density at radius 1 is 1.15 bits per heavy atom. The van der Waals surface area contributed by atoms with Crippen LogP contribution in [0, 0.1) is 0 Å². The summed E-state index contributed by atoms with van der Waals surface area (Å²) in [5.74, 6) is 0. The molecule has 0 saturated heterocycles. The van der Waals surface area contributed by atoms with E-state index in [0.29, 0.717) is 0 Å². The highest BCUT2D eigenvalue weighted by molar-refractivity contribution is 7.80. The highest BCUT2D eigenvalue weighted by Gasteiger charge is 2.25. The summed E-state index contributed by atoms with van der Waals surface area (Å²) in [4.78, 5) is 0.819. The molecule has 0 spiro atoms. The van der Waals surface area contributed by atoms with Crippen molar-refractivity contribution in [3.8, 4) is 0 Å². The molecule has 2 rings (SSSR count). The maximum atomic E-state index is 5.26. The lowest BCUT2D eigenvalue weighted by molar-refractivity contribution is 0.525. The summed E-state index contributed by atoms with van der Waals surface area (Å²) in [7, 11) is 0. The van der Waals surface area contributed by atoms with E-state index in [1.807, 2.05) is 24.3 Å². The van der Waals surface area contributed by atoms with Crippen LogP contribution in [-0.4, -0.2) is 10.7 Å². The lowest BCUT2D eigenvalue weighted by atomic mass is 10.1. The second-order valence-electron chi connectivity index (χ2n) is 3.75. The first-order chi connectivity index (χ1) is 6.08. The molecule has 0 saturated carbocycles. The number of nitrogens with one attached hydrogen (secondary N) is 2. The van der Waals surface area contributed by atoms with E-state index in [4.69, 9.17) is 12.2 Å². The van der Waals surface area contributed by atoms with Gasteiger partial charge in [-0.15, -0.1) is 0 Å². The quantitative estimate of drug-likeness (QED) is 0.616. The van der Waals surface area contributed by atoms with Gasteiger partial charge in [-0.05, 0) is 26.0 Å². The van der Waals surface area contributed by atoms with Gasteiger partial charge in [0.25, 0.3) is 0 Å².